The topological polar surface area (TPSA) is 38.8 Å². The van der Waals surface area contributed by atoms with Gasteiger partial charge in [0.1, 0.15) is 0 Å². The van der Waals surface area contributed by atoms with Crippen molar-refractivity contribution in [2.45, 2.75) is 22.8 Å². The van der Waals surface area contributed by atoms with Crippen molar-refractivity contribution in [3.05, 3.63) is 102 Å². The van der Waals surface area contributed by atoms with Crippen LogP contribution in [0, 0.1) is 0 Å². The van der Waals surface area contributed by atoms with Crippen LogP contribution in [-0.2, 0) is 16.0 Å². The first-order valence-corrected chi connectivity index (χ1v) is 11.4. The molecular weight excluding hydrogens is 406 g/mol. The summed E-state index contributed by atoms with van der Waals surface area (Å²) < 4.78 is 11.3. The lowest BCUT2D eigenvalue weighted by molar-refractivity contribution is -0.0319. The number of methoxy groups -OCH3 is 1. The van der Waals surface area contributed by atoms with Crippen LogP contribution in [0.15, 0.2) is 89.8 Å². The molecule has 0 unspecified atom stereocenters. The lowest BCUT2D eigenvalue weighted by atomic mass is 10.1. The molecule has 0 aliphatic carbocycles. The predicted molar refractivity (Wildman–Crippen MR) is 124 cm³/mol. The number of hydrogen-bond donors (Lipinski definition) is 0. The fourth-order valence-electron chi connectivity index (χ4n) is 3.89. The van der Waals surface area contributed by atoms with Gasteiger partial charge in [-0.2, -0.15) is 0 Å². The number of rotatable bonds is 7. The van der Waals surface area contributed by atoms with E-state index in [0.29, 0.717) is 12.2 Å². The molecule has 4 rings (SSSR count). The molecule has 0 saturated carbocycles. The number of morpholine rings is 1. The summed E-state index contributed by atoms with van der Waals surface area (Å²) in [5, 5.41) is 0.0607. The van der Waals surface area contributed by atoms with E-state index in [2.05, 4.69) is 53.4 Å². The van der Waals surface area contributed by atoms with Crippen LogP contribution in [0.4, 0.5) is 0 Å². The maximum atomic E-state index is 12.3. The monoisotopic (exact) mass is 433 g/mol. The van der Waals surface area contributed by atoms with Gasteiger partial charge in [0.2, 0.25) is 0 Å². The number of nitrogens with zero attached hydrogens (tertiary/aromatic N) is 1. The molecule has 1 fully saturated rings. The van der Waals surface area contributed by atoms with Crippen molar-refractivity contribution < 1.29 is 14.3 Å². The number of hydrogen-bond acceptors (Lipinski definition) is 5. The van der Waals surface area contributed by atoms with E-state index in [4.69, 9.17) is 9.47 Å². The molecule has 1 aliphatic heterocycles. The third kappa shape index (κ3) is 5.56. The maximum absolute atomic E-state index is 12.3. The molecule has 1 heterocycles. The van der Waals surface area contributed by atoms with Crippen LogP contribution in [0.25, 0.3) is 0 Å². The molecule has 31 heavy (non-hydrogen) atoms. The zero-order chi connectivity index (χ0) is 21.5. The van der Waals surface area contributed by atoms with Crippen molar-refractivity contribution in [2.75, 3.05) is 26.8 Å². The highest BCUT2D eigenvalue weighted by Gasteiger charge is 2.31. The van der Waals surface area contributed by atoms with Gasteiger partial charge in [0.25, 0.3) is 0 Å². The summed E-state index contributed by atoms with van der Waals surface area (Å²) in [6.07, 6.45) is 0.00978. The van der Waals surface area contributed by atoms with Gasteiger partial charge in [0, 0.05) is 24.5 Å². The normalized spacial score (nSPS) is 17.8. The summed E-state index contributed by atoms with van der Waals surface area (Å²) in [4.78, 5) is 15.7. The second-order valence-corrected chi connectivity index (χ2v) is 8.75. The van der Waals surface area contributed by atoms with Crippen LogP contribution < -0.4 is 0 Å². The zero-order valence-electron chi connectivity index (χ0n) is 17.6. The van der Waals surface area contributed by atoms with Gasteiger partial charge in [-0.05, 0) is 23.3 Å². The molecule has 160 valence electrons. The molecule has 1 aliphatic rings. The Balaban J connectivity index is 1.58. The first-order chi connectivity index (χ1) is 15.2. The average Bonchev–Trinajstić information content (AvgIpc) is 2.83. The van der Waals surface area contributed by atoms with E-state index in [9.17, 15) is 4.79 Å². The molecule has 2 atom stereocenters. The Morgan fingerprint density at radius 1 is 1.03 bits per heavy atom. The van der Waals surface area contributed by atoms with Crippen LogP contribution in [-0.4, -0.2) is 43.8 Å². The number of thioether (sulfide) groups is 1. The van der Waals surface area contributed by atoms with Gasteiger partial charge < -0.3 is 9.47 Å². The standard InChI is InChI=1S/C26H27NO3S/c1-29-26(28)22-14-8-9-15-24(22)31-25(21-12-6-3-7-13-21)23-19-27(16-17-30-23)18-20-10-4-2-5-11-20/h2-15,23,25H,16-19H2,1H3/t23-,25-/m1/s1. The summed E-state index contributed by atoms with van der Waals surface area (Å²) in [5.74, 6) is -0.315. The van der Waals surface area contributed by atoms with Crippen molar-refractivity contribution in [3.8, 4) is 0 Å². The fraction of sp³-hybridized carbons (Fsp3) is 0.269. The Labute approximate surface area is 188 Å². The van der Waals surface area contributed by atoms with Crippen molar-refractivity contribution in [1.82, 2.24) is 4.90 Å². The molecule has 3 aromatic rings. The van der Waals surface area contributed by atoms with Crippen molar-refractivity contribution in [2.24, 2.45) is 0 Å². The SMILES string of the molecule is COC(=O)c1ccccc1S[C@H](c1ccccc1)[C@H]1CN(Cc2ccccc2)CCO1. The average molecular weight is 434 g/mol. The third-order valence-corrected chi connectivity index (χ3v) is 6.88. The van der Waals surface area contributed by atoms with E-state index in [1.54, 1.807) is 11.8 Å². The van der Waals surface area contributed by atoms with Gasteiger partial charge >= 0.3 is 5.97 Å². The summed E-state index contributed by atoms with van der Waals surface area (Å²) in [6.45, 7) is 3.35. The fourth-order valence-corrected chi connectivity index (χ4v) is 5.20. The highest BCUT2D eigenvalue weighted by Crippen LogP contribution is 2.41. The predicted octanol–water partition coefficient (Wildman–Crippen LogP) is 5.21. The highest BCUT2D eigenvalue weighted by molar-refractivity contribution is 7.99. The minimum Gasteiger partial charge on any atom is -0.465 e. The van der Waals surface area contributed by atoms with Crippen molar-refractivity contribution in [1.29, 1.82) is 0 Å². The van der Waals surface area contributed by atoms with Gasteiger partial charge in [-0.3, -0.25) is 4.90 Å². The number of esters is 1. The van der Waals surface area contributed by atoms with E-state index in [0.717, 1.165) is 24.5 Å². The third-order valence-electron chi connectivity index (χ3n) is 5.44. The Bertz CT molecular complexity index is 980. The lowest BCUT2D eigenvalue weighted by Gasteiger charge is -2.37. The lowest BCUT2D eigenvalue weighted by Crippen LogP contribution is -2.44. The number of carbonyl (C=O) groups is 1. The molecule has 1 saturated heterocycles. The van der Waals surface area contributed by atoms with Gasteiger partial charge in [0.05, 0.1) is 30.6 Å². The van der Waals surface area contributed by atoms with E-state index < -0.39 is 0 Å². The van der Waals surface area contributed by atoms with E-state index in [1.165, 1.54) is 18.2 Å². The molecular formula is C26H27NO3S. The Kier molecular flexibility index (Phi) is 7.41. The first kappa shape index (κ1) is 21.6. The van der Waals surface area contributed by atoms with Gasteiger partial charge in [-0.25, -0.2) is 4.79 Å². The Hall–Kier alpha value is -2.60. The molecule has 0 amide bonds. The maximum Gasteiger partial charge on any atom is 0.338 e. The van der Waals surface area contributed by atoms with Crippen LogP contribution >= 0.6 is 11.8 Å². The molecule has 5 heteroatoms. The molecule has 0 spiro atoms. The molecule has 4 nitrogen and oxygen atoms in total. The molecule has 0 radical (unpaired) electrons. The van der Waals surface area contributed by atoms with Crippen LogP contribution in [0.5, 0.6) is 0 Å². The molecule has 0 bridgehead atoms. The Morgan fingerprint density at radius 3 is 2.45 bits per heavy atom. The quantitative estimate of drug-likeness (QED) is 0.378. The summed E-state index contributed by atoms with van der Waals surface area (Å²) in [7, 11) is 1.42. The number of ether oxygens (including phenoxy) is 2. The van der Waals surface area contributed by atoms with E-state index in [-0.39, 0.29) is 17.3 Å². The van der Waals surface area contributed by atoms with Gasteiger partial charge in [-0.15, -0.1) is 11.8 Å². The van der Waals surface area contributed by atoms with Crippen LogP contribution in [0.3, 0.4) is 0 Å². The zero-order valence-corrected chi connectivity index (χ0v) is 18.5. The van der Waals surface area contributed by atoms with Crippen LogP contribution in [0.1, 0.15) is 26.7 Å². The second-order valence-electron chi connectivity index (χ2n) is 7.57. The molecule has 0 N–H and O–H groups in total. The summed E-state index contributed by atoms with van der Waals surface area (Å²) in [5.41, 5.74) is 3.09. The largest absolute Gasteiger partial charge is 0.465 e. The van der Waals surface area contributed by atoms with E-state index >= 15 is 0 Å². The van der Waals surface area contributed by atoms with Crippen molar-refractivity contribution in [3.63, 3.8) is 0 Å². The Morgan fingerprint density at radius 2 is 1.71 bits per heavy atom. The first-order valence-electron chi connectivity index (χ1n) is 10.5. The van der Waals surface area contributed by atoms with Gasteiger partial charge in [0.15, 0.2) is 0 Å². The molecule has 0 aromatic heterocycles. The van der Waals surface area contributed by atoms with Crippen molar-refractivity contribution >= 4 is 17.7 Å². The van der Waals surface area contributed by atoms with Crippen LogP contribution in [0.2, 0.25) is 0 Å². The highest BCUT2D eigenvalue weighted by atomic mass is 32.2. The summed E-state index contributed by atoms with van der Waals surface area (Å²) in [6, 6.07) is 28.6. The molecule has 3 aromatic carbocycles. The minimum absolute atomic E-state index is 0.00978. The number of benzene rings is 3. The minimum atomic E-state index is -0.315. The van der Waals surface area contributed by atoms with E-state index in [1.807, 2.05) is 36.4 Å². The smallest absolute Gasteiger partial charge is 0.338 e. The number of carbonyl (C=O) groups excluding carboxylic acids is 1. The summed E-state index contributed by atoms with van der Waals surface area (Å²) >= 11 is 1.67. The van der Waals surface area contributed by atoms with Gasteiger partial charge in [-0.1, -0.05) is 72.8 Å². The second kappa shape index (κ2) is 10.6.